The van der Waals surface area contributed by atoms with Crippen molar-refractivity contribution in [3.63, 3.8) is 0 Å². The fraction of sp³-hybridized carbons (Fsp3) is 0.455. The van der Waals surface area contributed by atoms with Crippen molar-refractivity contribution in [2.45, 2.75) is 19.4 Å². The first kappa shape index (κ1) is 8.57. The van der Waals surface area contributed by atoms with Gasteiger partial charge in [0.2, 0.25) is 0 Å². The molecule has 1 aliphatic rings. The Morgan fingerprint density at radius 2 is 2.08 bits per heavy atom. The maximum Gasteiger partial charge on any atom is 0.124 e. The fourth-order valence-corrected chi connectivity index (χ4v) is 1.42. The molecule has 0 amide bonds. The van der Waals surface area contributed by atoms with Crippen LogP contribution in [0, 0.1) is 6.92 Å². The molecule has 0 radical (unpaired) electrons. The van der Waals surface area contributed by atoms with Gasteiger partial charge < -0.3 is 9.47 Å². The van der Waals surface area contributed by atoms with Crippen LogP contribution in [0.15, 0.2) is 24.3 Å². The SMILES string of the molecule is Cc1ccc(O[C@H]2CCOC2)cc1. The number of hydrogen-bond acceptors (Lipinski definition) is 2. The highest BCUT2D eigenvalue weighted by Gasteiger charge is 2.16. The molecule has 1 aromatic carbocycles. The lowest BCUT2D eigenvalue weighted by atomic mass is 10.2. The molecule has 0 unspecified atom stereocenters. The molecule has 2 rings (SSSR count). The van der Waals surface area contributed by atoms with Crippen molar-refractivity contribution >= 4 is 0 Å². The monoisotopic (exact) mass is 178 g/mol. The van der Waals surface area contributed by atoms with Crippen LogP contribution in [0.5, 0.6) is 5.75 Å². The van der Waals surface area contributed by atoms with Crippen LogP contribution in [0.2, 0.25) is 0 Å². The van der Waals surface area contributed by atoms with Gasteiger partial charge in [0.05, 0.1) is 13.2 Å². The van der Waals surface area contributed by atoms with Crippen LogP contribution in [0.3, 0.4) is 0 Å². The van der Waals surface area contributed by atoms with Gasteiger partial charge in [0.15, 0.2) is 0 Å². The topological polar surface area (TPSA) is 18.5 Å². The summed E-state index contributed by atoms with van der Waals surface area (Å²) in [6, 6.07) is 8.14. The van der Waals surface area contributed by atoms with Gasteiger partial charge in [0, 0.05) is 6.42 Å². The van der Waals surface area contributed by atoms with E-state index in [9.17, 15) is 0 Å². The number of aryl methyl sites for hydroxylation is 1. The summed E-state index contributed by atoms with van der Waals surface area (Å²) in [5, 5.41) is 0. The smallest absolute Gasteiger partial charge is 0.124 e. The molecule has 2 heteroatoms. The average molecular weight is 178 g/mol. The molecular weight excluding hydrogens is 164 g/mol. The van der Waals surface area contributed by atoms with Gasteiger partial charge in [-0.3, -0.25) is 0 Å². The van der Waals surface area contributed by atoms with Crippen molar-refractivity contribution in [1.29, 1.82) is 0 Å². The zero-order valence-electron chi connectivity index (χ0n) is 7.82. The molecule has 0 saturated carbocycles. The minimum absolute atomic E-state index is 0.253. The highest BCUT2D eigenvalue weighted by atomic mass is 16.5. The second kappa shape index (κ2) is 3.79. The summed E-state index contributed by atoms with van der Waals surface area (Å²) in [7, 11) is 0. The van der Waals surface area contributed by atoms with Gasteiger partial charge >= 0.3 is 0 Å². The Bertz CT molecular complexity index is 260. The highest BCUT2D eigenvalue weighted by molar-refractivity contribution is 5.26. The van der Waals surface area contributed by atoms with Crippen molar-refractivity contribution in [2.75, 3.05) is 13.2 Å². The second-order valence-electron chi connectivity index (χ2n) is 3.42. The maximum absolute atomic E-state index is 5.71. The molecule has 0 bridgehead atoms. The third-order valence-corrected chi connectivity index (χ3v) is 2.21. The highest BCUT2D eigenvalue weighted by Crippen LogP contribution is 2.16. The van der Waals surface area contributed by atoms with E-state index >= 15 is 0 Å². The zero-order valence-corrected chi connectivity index (χ0v) is 7.82. The number of benzene rings is 1. The molecule has 70 valence electrons. The molecule has 1 atom stereocenters. The number of hydrogen-bond donors (Lipinski definition) is 0. The van der Waals surface area contributed by atoms with Crippen molar-refractivity contribution < 1.29 is 9.47 Å². The Kier molecular flexibility index (Phi) is 2.50. The molecule has 1 saturated heterocycles. The summed E-state index contributed by atoms with van der Waals surface area (Å²) in [6.45, 7) is 3.63. The Balaban J connectivity index is 1.97. The first-order valence-corrected chi connectivity index (χ1v) is 4.66. The van der Waals surface area contributed by atoms with E-state index in [0.717, 1.165) is 25.4 Å². The van der Waals surface area contributed by atoms with Crippen molar-refractivity contribution in [3.05, 3.63) is 29.8 Å². The maximum atomic E-state index is 5.71. The first-order chi connectivity index (χ1) is 6.34. The molecule has 0 N–H and O–H groups in total. The average Bonchev–Trinajstić information content (AvgIpc) is 2.62. The predicted octanol–water partition coefficient (Wildman–Crippen LogP) is 2.16. The van der Waals surface area contributed by atoms with E-state index in [2.05, 4.69) is 19.1 Å². The summed E-state index contributed by atoms with van der Waals surface area (Å²) < 4.78 is 10.9. The van der Waals surface area contributed by atoms with Crippen LogP contribution in [-0.4, -0.2) is 19.3 Å². The van der Waals surface area contributed by atoms with Crippen LogP contribution < -0.4 is 4.74 Å². The summed E-state index contributed by atoms with van der Waals surface area (Å²) in [5.74, 6) is 0.945. The predicted molar refractivity (Wildman–Crippen MR) is 51.0 cm³/mol. The summed E-state index contributed by atoms with van der Waals surface area (Å²) in [4.78, 5) is 0. The molecule has 1 aliphatic heterocycles. The van der Waals surface area contributed by atoms with Gasteiger partial charge in [0.1, 0.15) is 11.9 Å². The van der Waals surface area contributed by atoms with Crippen LogP contribution in [0.4, 0.5) is 0 Å². The minimum atomic E-state index is 0.253. The largest absolute Gasteiger partial charge is 0.488 e. The summed E-state index contributed by atoms with van der Waals surface area (Å²) >= 11 is 0. The molecule has 0 aliphatic carbocycles. The standard InChI is InChI=1S/C11H14O2/c1-9-2-4-10(5-3-9)13-11-6-7-12-8-11/h2-5,11H,6-8H2,1H3/t11-/m0/s1. The van der Waals surface area contributed by atoms with Crippen LogP contribution in [0.25, 0.3) is 0 Å². The van der Waals surface area contributed by atoms with E-state index in [-0.39, 0.29) is 6.10 Å². The third kappa shape index (κ3) is 2.22. The Morgan fingerprint density at radius 3 is 2.69 bits per heavy atom. The molecule has 1 fully saturated rings. The van der Waals surface area contributed by atoms with Crippen molar-refractivity contribution in [3.8, 4) is 5.75 Å². The van der Waals surface area contributed by atoms with Gasteiger partial charge in [-0.15, -0.1) is 0 Å². The summed E-state index contributed by atoms with van der Waals surface area (Å²) in [6.07, 6.45) is 1.26. The van der Waals surface area contributed by atoms with Crippen LogP contribution >= 0.6 is 0 Å². The van der Waals surface area contributed by atoms with Crippen molar-refractivity contribution in [1.82, 2.24) is 0 Å². The zero-order chi connectivity index (χ0) is 9.10. The molecule has 0 spiro atoms. The Hall–Kier alpha value is -1.02. The second-order valence-corrected chi connectivity index (χ2v) is 3.42. The molecule has 1 aromatic rings. The first-order valence-electron chi connectivity index (χ1n) is 4.66. The Morgan fingerprint density at radius 1 is 1.31 bits per heavy atom. The van der Waals surface area contributed by atoms with Gasteiger partial charge in [-0.05, 0) is 19.1 Å². The molecule has 1 heterocycles. The van der Waals surface area contributed by atoms with Gasteiger partial charge in [-0.2, -0.15) is 0 Å². The number of ether oxygens (including phenoxy) is 2. The lowest BCUT2D eigenvalue weighted by Crippen LogP contribution is -2.15. The molecular formula is C11H14O2. The molecule has 2 nitrogen and oxygen atoms in total. The van der Waals surface area contributed by atoms with Crippen LogP contribution in [-0.2, 0) is 4.74 Å². The van der Waals surface area contributed by atoms with E-state index < -0.39 is 0 Å². The van der Waals surface area contributed by atoms with E-state index in [1.54, 1.807) is 0 Å². The van der Waals surface area contributed by atoms with Crippen molar-refractivity contribution in [2.24, 2.45) is 0 Å². The van der Waals surface area contributed by atoms with Gasteiger partial charge in [-0.1, -0.05) is 17.7 Å². The lowest BCUT2D eigenvalue weighted by Gasteiger charge is -2.11. The molecule has 0 aromatic heterocycles. The Labute approximate surface area is 78.5 Å². The van der Waals surface area contributed by atoms with Gasteiger partial charge in [-0.25, -0.2) is 0 Å². The van der Waals surface area contributed by atoms with E-state index in [4.69, 9.17) is 9.47 Å². The quantitative estimate of drug-likeness (QED) is 0.691. The molecule has 13 heavy (non-hydrogen) atoms. The van der Waals surface area contributed by atoms with E-state index in [1.165, 1.54) is 5.56 Å². The minimum Gasteiger partial charge on any atom is -0.488 e. The summed E-state index contributed by atoms with van der Waals surface area (Å²) in [5.41, 5.74) is 1.26. The van der Waals surface area contributed by atoms with E-state index in [1.807, 2.05) is 12.1 Å². The third-order valence-electron chi connectivity index (χ3n) is 2.21. The normalized spacial score (nSPS) is 21.8. The number of rotatable bonds is 2. The lowest BCUT2D eigenvalue weighted by molar-refractivity contribution is 0.141. The van der Waals surface area contributed by atoms with Gasteiger partial charge in [0.25, 0.3) is 0 Å². The fourth-order valence-electron chi connectivity index (χ4n) is 1.42. The van der Waals surface area contributed by atoms with Crippen LogP contribution in [0.1, 0.15) is 12.0 Å². The van der Waals surface area contributed by atoms with E-state index in [0.29, 0.717) is 0 Å².